The van der Waals surface area contributed by atoms with E-state index < -0.39 is 5.97 Å². The molecule has 0 N–H and O–H groups in total. The third-order valence-electron chi connectivity index (χ3n) is 3.36. The summed E-state index contributed by atoms with van der Waals surface area (Å²) in [5.41, 5.74) is 1.79. The highest BCUT2D eigenvalue weighted by Crippen LogP contribution is 2.12. The van der Waals surface area contributed by atoms with Crippen LogP contribution in [0.3, 0.4) is 0 Å². The molecular weight excluding hydrogens is 326 g/mol. The maximum Gasteiger partial charge on any atom is 0.325 e. The first-order valence-corrected chi connectivity index (χ1v) is 7.79. The molecule has 2 aromatic rings. The molecule has 0 spiro atoms. The van der Waals surface area contributed by atoms with Crippen LogP contribution in [0.25, 0.3) is 6.08 Å². The lowest BCUT2D eigenvalue weighted by Crippen LogP contribution is -2.34. The van der Waals surface area contributed by atoms with Crippen LogP contribution in [0.2, 0.25) is 5.02 Å². The first-order chi connectivity index (χ1) is 11.6. The molecule has 0 saturated heterocycles. The predicted octanol–water partition coefficient (Wildman–Crippen LogP) is 3.56. The van der Waals surface area contributed by atoms with Crippen LogP contribution in [0.5, 0.6) is 0 Å². The Hall–Kier alpha value is -2.59. The predicted molar refractivity (Wildman–Crippen MR) is 94.4 cm³/mol. The van der Waals surface area contributed by atoms with Crippen LogP contribution in [0.1, 0.15) is 11.1 Å². The standard InChI is InChI=1S/C19H18ClNO3/c1-24-19(23)14-21(13-16-7-10-17(20)11-8-16)18(22)12-9-15-5-3-2-4-6-15/h2-12H,13-14H2,1H3/b12-9+. The van der Waals surface area contributed by atoms with Gasteiger partial charge in [-0.2, -0.15) is 0 Å². The number of nitrogens with zero attached hydrogens (tertiary/aromatic N) is 1. The largest absolute Gasteiger partial charge is 0.468 e. The molecular formula is C19H18ClNO3. The third-order valence-corrected chi connectivity index (χ3v) is 3.62. The number of halogens is 1. The van der Waals surface area contributed by atoms with Gasteiger partial charge in [0, 0.05) is 17.6 Å². The Balaban J connectivity index is 2.12. The fourth-order valence-corrected chi connectivity index (χ4v) is 2.21. The molecule has 24 heavy (non-hydrogen) atoms. The van der Waals surface area contributed by atoms with E-state index in [2.05, 4.69) is 4.74 Å². The molecule has 4 nitrogen and oxygen atoms in total. The van der Waals surface area contributed by atoms with Crippen molar-refractivity contribution in [2.75, 3.05) is 13.7 Å². The maximum atomic E-state index is 12.4. The summed E-state index contributed by atoms with van der Waals surface area (Å²) in [6, 6.07) is 16.6. The summed E-state index contributed by atoms with van der Waals surface area (Å²) in [6.07, 6.45) is 3.17. The molecule has 0 atom stereocenters. The molecule has 0 fully saturated rings. The number of hydrogen-bond acceptors (Lipinski definition) is 3. The second-order valence-corrected chi connectivity index (χ2v) is 5.58. The normalized spacial score (nSPS) is 10.6. The van der Waals surface area contributed by atoms with Gasteiger partial charge in [0.1, 0.15) is 6.54 Å². The van der Waals surface area contributed by atoms with Crippen molar-refractivity contribution < 1.29 is 14.3 Å². The van der Waals surface area contributed by atoms with E-state index >= 15 is 0 Å². The van der Waals surface area contributed by atoms with E-state index in [4.69, 9.17) is 11.6 Å². The smallest absolute Gasteiger partial charge is 0.325 e. The minimum atomic E-state index is -0.467. The van der Waals surface area contributed by atoms with Gasteiger partial charge in [0.25, 0.3) is 0 Å². The van der Waals surface area contributed by atoms with Crippen LogP contribution in [0, 0.1) is 0 Å². The molecule has 0 aromatic heterocycles. The number of amides is 1. The Morgan fingerprint density at radius 2 is 1.75 bits per heavy atom. The fraction of sp³-hybridized carbons (Fsp3) is 0.158. The van der Waals surface area contributed by atoms with E-state index in [0.29, 0.717) is 11.6 Å². The fourth-order valence-electron chi connectivity index (χ4n) is 2.08. The van der Waals surface area contributed by atoms with Crippen molar-refractivity contribution in [3.05, 3.63) is 76.8 Å². The topological polar surface area (TPSA) is 46.6 Å². The summed E-state index contributed by atoms with van der Waals surface area (Å²) in [5, 5.41) is 0.619. The number of ether oxygens (including phenoxy) is 1. The number of esters is 1. The molecule has 124 valence electrons. The second-order valence-electron chi connectivity index (χ2n) is 5.14. The van der Waals surface area contributed by atoms with E-state index in [-0.39, 0.29) is 12.5 Å². The summed E-state index contributed by atoms with van der Waals surface area (Å²) >= 11 is 5.87. The number of hydrogen-bond donors (Lipinski definition) is 0. The average Bonchev–Trinajstić information content (AvgIpc) is 2.61. The molecule has 0 bridgehead atoms. The van der Waals surface area contributed by atoms with E-state index in [0.717, 1.165) is 11.1 Å². The first-order valence-electron chi connectivity index (χ1n) is 7.42. The van der Waals surface area contributed by atoms with Crippen LogP contribution in [0.4, 0.5) is 0 Å². The van der Waals surface area contributed by atoms with E-state index in [1.807, 2.05) is 42.5 Å². The van der Waals surface area contributed by atoms with Crippen LogP contribution in [-0.2, 0) is 20.9 Å². The third kappa shape index (κ3) is 5.56. The molecule has 2 rings (SSSR count). The molecule has 0 saturated carbocycles. The van der Waals surface area contributed by atoms with Gasteiger partial charge in [-0.05, 0) is 29.3 Å². The molecule has 5 heteroatoms. The molecule has 0 unspecified atom stereocenters. The lowest BCUT2D eigenvalue weighted by atomic mass is 10.2. The summed E-state index contributed by atoms with van der Waals surface area (Å²) in [7, 11) is 1.30. The van der Waals surface area contributed by atoms with Gasteiger partial charge in [0.15, 0.2) is 0 Å². The van der Waals surface area contributed by atoms with Crippen LogP contribution < -0.4 is 0 Å². The number of carbonyl (C=O) groups is 2. The van der Waals surface area contributed by atoms with E-state index in [1.54, 1.807) is 18.2 Å². The van der Waals surface area contributed by atoms with Gasteiger partial charge in [-0.25, -0.2) is 0 Å². The summed E-state index contributed by atoms with van der Waals surface area (Å²) < 4.78 is 4.67. The zero-order valence-corrected chi connectivity index (χ0v) is 14.1. The minimum absolute atomic E-state index is 0.114. The average molecular weight is 344 g/mol. The zero-order chi connectivity index (χ0) is 17.4. The Kier molecular flexibility index (Phi) is 6.58. The van der Waals surface area contributed by atoms with Crippen molar-refractivity contribution in [2.45, 2.75) is 6.54 Å². The molecule has 0 heterocycles. The molecule has 0 radical (unpaired) electrons. The molecule has 1 amide bonds. The van der Waals surface area contributed by atoms with Crippen molar-refractivity contribution >= 4 is 29.6 Å². The summed E-state index contributed by atoms with van der Waals surface area (Å²) in [6.45, 7) is 0.182. The SMILES string of the molecule is COC(=O)CN(Cc1ccc(Cl)cc1)C(=O)/C=C/c1ccccc1. The highest BCUT2D eigenvalue weighted by Gasteiger charge is 2.16. The Bertz CT molecular complexity index is 711. The number of methoxy groups -OCH3 is 1. The van der Waals surface area contributed by atoms with Gasteiger partial charge in [0.2, 0.25) is 5.91 Å². The molecule has 0 aliphatic carbocycles. The monoisotopic (exact) mass is 343 g/mol. The Morgan fingerprint density at radius 1 is 1.08 bits per heavy atom. The Morgan fingerprint density at radius 3 is 2.38 bits per heavy atom. The minimum Gasteiger partial charge on any atom is -0.468 e. The lowest BCUT2D eigenvalue weighted by Gasteiger charge is -2.20. The van der Waals surface area contributed by atoms with E-state index in [1.165, 1.54) is 18.1 Å². The highest BCUT2D eigenvalue weighted by molar-refractivity contribution is 6.30. The van der Waals surface area contributed by atoms with Crippen molar-refractivity contribution in [1.82, 2.24) is 4.90 Å². The van der Waals surface area contributed by atoms with Crippen molar-refractivity contribution in [3.63, 3.8) is 0 Å². The Labute approximate surface area is 146 Å². The summed E-state index contributed by atoms with van der Waals surface area (Å²) in [4.78, 5) is 25.5. The number of carbonyl (C=O) groups excluding carboxylic acids is 2. The van der Waals surface area contributed by atoms with Crippen LogP contribution in [0.15, 0.2) is 60.7 Å². The first kappa shape index (κ1) is 17.8. The van der Waals surface area contributed by atoms with Gasteiger partial charge in [-0.15, -0.1) is 0 Å². The van der Waals surface area contributed by atoms with Gasteiger partial charge in [-0.1, -0.05) is 54.1 Å². The van der Waals surface area contributed by atoms with Crippen molar-refractivity contribution in [3.8, 4) is 0 Å². The molecule has 0 aliphatic heterocycles. The quantitative estimate of drug-likeness (QED) is 0.595. The van der Waals surface area contributed by atoms with Crippen LogP contribution in [-0.4, -0.2) is 30.4 Å². The maximum absolute atomic E-state index is 12.4. The lowest BCUT2D eigenvalue weighted by molar-refractivity contribution is -0.145. The van der Waals surface area contributed by atoms with Gasteiger partial charge >= 0.3 is 5.97 Å². The van der Waals surface area contributed by atoms with Crippen molar-refractivity contribution in [2.24, 2.45) is 0 Å². The highest BCUT2D eigenvalue weighted by atomic mass is 35.5. The van der Waals surface area contributed by atoms with Gasteiger partial charge in [-0.3, -0.25) is 9.59 Å². The van der Waals surface area contributed by atoms with E-state index in [9.17, 15) is 9.59 Å². The van der Waals surface area contributed by atoms with Gasteiger partial charge < -0.3 is 9.64 Å². The van der Waals surface area contributed by atoms with Crippen LogP contribution >= 0.6 is 11.6 Å². The molecule has 0 aliphatic rings. The number of benzene rings is 2. The van der Waals surface area contributed by atoms with Crippen molar-refractivity contribution in [1.29, 1.82) is 0 Å². The zero-order valence-electron chi connectivity index (χ0n) is 13.3. The van der Waals surface area contributed by atoms with Gasteiger partial charge in [0.05, 0.1) is 7.11 Å². The number of rotatable bonds is 6. The second kappa shape index (κ2) is 8.89. The molecule has 2 aromatic carbocycles. The summed E-state index contributed by atoms with van der Waals surface area (Å²) in [5.74, 6) is -0.732.